The summed E-state index contributed by atoms with van der Waals surface area (Å²) in [5, 5.41) is 0. The molecule has 0 aliphatic rings. The second-order valence-electron chi connectivity index (χ2n) is 2.58. The van der Waals surface area contributed by atoms with Gasteiger partial charge in [0.15, 0.2) is 0 Å². The van der Waals surface area contributed by atoms with Crippen LogP contribution in [-0.4, -0.2) is 25.0 Å². The number of allylic oxidation sites excluding steroid dienone is 2. The van der Waals surface area contributed by atoms with E-state index in [2.05, 4.69) is 32.0 Å². The van der Waals surface area contributed by atoms with Crippen molar-refractivity contribution in [1.29, 1.82) is 0 Å². The monoisotopic (exact) mass is 181 g/mol. The lowest BCUT2D eigenvalue weighted by atomic mass is 10.2. The van der Waals surface area contributed by atoms with Gasteiger partial charge in [-0.1, -0.05) is 52.2 Å². The van der Waals surface area contributed by atoms with Gasteiger partial charge in [-0.25, -0.2) is 0 Å². The van der Waals surface area contributed by atoms with E-state index < -0.39 is 0 Å². The van der Waals surface area contributed by atoms with Crippen molar-refractivity contribution < 1.29 is 0 Å². The maximum atomic E-state index is 3.90. The maximum Gasteiger partial charge on any atom is 0.0224 e. The van der Waals surface area contributed by atoms with Crippen LogP contribution in [0.2, 0.25) is 0 Å². The lowest BCUT2D eigenvalue weighted by molar-refractivity contribution is 0.387. The van der Waals surface area contributed by atoms with Gasteiger partial charge in [0.25, 0.3) is 0 Å². The molecule has 0 radical (unpaired) electrons. The van der Waals surface area contributed by atoms with Crippen molar-refractivity contribution in [2.75, 3.05) is 20.1 Å². The predicted octanol–water partition coefficient (Wildman–Crippen LogP) is 3.26. The average Bonchev–Trinajstić information content (AvgIpc) is 2.17. The van der Waals surface area contributed by atoms with Gasteiger partial charge in [0.05, 0.1) is 0 Å². The first kappa shape index (κ1) is 14.7. The minimum absolute atomic E-state index is 0.931. The fourth-order valence-electron chi connectivity index (χ4n) is 0.715. The minimum Gasteiger partial charge on any atom is -0.302 e. The Hall–Kier alpha value is -0.820. The molecule has 0 aliphatic carbocycles. The summed E-state index contributed by atoms with van der Waals surface area (Å²) in [5.74, 6) is 0. The molecule has 0 aliphatic heterocycles. The Bertz CT molecular complexity index is 157. The highest BCUT2D eigenvalue weighted by atomic mass is 15.1. The van der Waals surface area contributed by atoms with E-state index in [0.29, 0.717) is 0 Å². The zero-order valence-corrected chi connectivity index (χ0v) is 9.51. The van der Waals surface area contributed by atoms with Gasteiger partial charge in [0, 0.05) is 6.54 Å². The van der Waals surface area contributed by atoms with E-state index in [1.54, 1.807) is 6.08 Å². The first-order chi connectivity index (χ1) is 6.20. The van der Waals surface area contributed by atoms with Crippen molar-refractivity contribution in [3.05, 3.63) is 37.0 Å². The molecule has 0 N–H and O–H groups in total. The van der Waals surface area contributed by atoms with E-state index in [9.17, 15) is 0 Å². The molecular formula is C12H23N. The molecule has 0 saturated heterocycles. The van der Waals surface area contributed by atoms with Crippen molar-refractivity contribution in [1.82, 2.24) is 4.90 Å². The summed E-state index contributed by atoms with van der Waals surface area (Å²) < 4.78 is 0. The number of nitrogens with zero attached hydrogens (tertiary/aromatic N) is 1. The first-order valence-electron chi connectivity index (χ1n) is 4.86. The predicted molar refractivity (Wildman–Crippen MR) is 63.0 cm³/mol. The zero-order chi connectivity index (χ0) is 10.7. The molecule has 0 aromatic carbocycles. The molecule has 0 unspecified atom stereocenters. The van der Waals surface area contributed by atoms with Gasteiger partial charge in [-0.3, -0.25) is 0 Å². The molecule has 0 fully saturated rings. The standard InChI is InChI=1S/C10H17N.C2H6/c1-5-7-8-10(3)9-11(4)6-2;1-2/h5,7-8H,1,3,6,9H2,2,4H3;1-2H3/b8-7-;. The van der Waals surface area contributed by atoms with Crippen LogP contribution in [0.4, 0.5) is 0 Å². The summed E-state index contributed by atoms with van der Waals surface area (Å²) in [5.41, 5.74) is 1.12. The summed E-state index contributed by atoms with van der Waals surface area (Å²) in [6.45, 7) is 15.6. The highest BCUT2D eigenvalue weighted by Gasteiger charge is 1.93. The van der Waals surface area contributed by atoms with Crippen LogP contribution in [0.15, 0.2) is 37.0 Å². The van der Waals surface area contributed by atoms with Gasteiger partial charge in [0.1, 0.15) is 0 Å². The third kappa shape index (κ3) is 11.2. The molecule has 13 heavy (non-hydrogen) atoms. The Kier molecular flexibility index (Phi) is 12.6. The molecule has 0 aromatic heterocycles. The molecule has 0 rings (SSSR count). The summed E-state index contributed by atoms with van der Waals surface area (Å²) in [6, 6.07) is 0. The van der Waals surface area contributed by atoms with Gasteiger partial charge in [-0.15, -0.1) is 0 Å². The average molecular weight is 181 g/mol. The van der Waals surface area contributed by atoms with Gasteiger partial charge in [-0.05, 0) is 19.2 Å². The molecule has 1 heteroatoms. The van der Waals surface area contributed by atoms with E-state index in [1.165, 1.54) is 0 Å². The molecule has 1 nitrogen and oxygen atoms in total. The largest absolute Gasteiger partial charge is 0.302 e. The van der Waals surface area contributed by atoms with Crippen molar-refractivity contribution in [3.63, 3.8) is 0 Å². The van der Waals surface area contributed by atoms with Crippen LogP contribution in [0.25, 0.3) is 0 Å². The van der Waals surface area contributed by atoms with E-state index in [0.717, 1.165) is 18.7 Å². The first-order valence-corrected chi connectivity index (χ1v) is 4.86. The number of hydrogen-bond donors (Lipinski definition) is 0. The number of hydrogen-bond acceptors (Lipinski definition) is 1. The van der Waals surface area contributed by atoms with Gasteiger partial charge < -0.3 is 4.90 Å². The molecule has 0 amide bonds. The fraction of sp³-hybridized carbons (Fsp3) is 0.500. The van der Waals surface area contributed by atoms with E-state index >= 15 is 0 Å². The van der Waals surface area contributed by atoms with Crippen LogP contribution in [0.1, 0.15) is 20.8 Å². The van der Waals surface area contributed by atoms with Crippen LogP contribution in [0, 0.1) is 0 Å². The number of likely N-dealkylation sites (N-methyl/N-ethyl adjacent to an activating group) is 1. The van der Waals surface area contributed by atoms with Crippen molar-refractivity contribution >= 4 is 0 Å². The molecule has 0 spiro atoms. The lowest BCUT2D eigenvalue weighted by Gasteiger charge is -2.12. The molecule has 0 atom stereocenters. The highest BCUT2D eigenvalue weighted by molar-refractivity contribution is 5.19. The Morgan fingerprint density at radius 2 is 1.92 bits per heavy atom. The van der Waals surface area contributed by atoms with Crippen LogP contribution in [0.3, 0.4) is 0 Å². The normalized spacial score (nSPS) is 9.62. The Balaban J connectivity index is 0. The van der Waals surface area contributed by atoms with Crippen LogP contribution in [0.5, 0.6) is 0 Å². The van der Waals surface area contributed by atoms with Crippen LogP contribution >= 0.6 is 0 Å². The smallest absolute Gasteiger partial charge is 0.0224 e. The SMILES string of the molecule is C=C/C=C\C(=C)CN(C)CC.CC. The van der Waals surface area contributed by atoms with Gasteiger partial charge >= 0.3 is 0 Å². The molecule has 0 heterocycles. The van der Waals surface area contributed by atoms with E-state index in [-0.39, 0.29) is 0 Å². The van der Waals surface area contributed by atoms with E-state index in [4.69, 9.17) is 0 Å². The maximum absolute atomic E-state index is 3.90. The Morgan fingerprint density at radius 3 is 2.31 bits per heavy atom. The van der Waals surface area contributed by atoms with Crippen molar-refractivity contribution in [3.8, 4) is 0 Å². The Morgan fingerprint density at radius 1 is 1.38 bits per heavy atom. The fourth-order valence-corrected chi connectivity index (χ4v) is 0.715. The zero-order valence-electron chi connectivity index (χ0n) is 9.51. The highest BCUT2D eigenvalue weighted by Crippen LogP contribution is 1.95. The minimum atomic E-state index is 0.931. The molecule has 0 saturated carbocycles. The number of rotatable bonds is 5. The second-order valence-corrected chi connectivity index (χ2v) is 2.58. The van der Waals surface area contributed by atoms with E-state index in [1.807, 2.05) is 26.0 Å². The third-order valence-corrected chi connectivity index (χ3v) is 1.48. The van der Waals surface area contributed by atoms with Gasteiger partial charge in [0.2, 0.25) is 0 Å². The molecule has 76 valence electrons. The van der Waals surface area contributed by atoms with Crippen LogP contribution in [-0.2, 0) is 0 Å². The Labute approximate surface area is 83.5 Å². The summed E-state index contributed by atoms with van der Waals surface area (Å²) in [7, 11) is 2.08. The summed E-state index contributed by atoms with van der Waals surface area (Å²) in [6.07, 6.45) is 5.65. The third-order valence-electron chi connectivity index (χ3n) is 1.48. The summed E-state index contributed by atoms with van der Waals surface area (Å²) in [4.78, 5) is 2.20. The van der Waals surface area contributed by atoms with Gasteiger partial charge in [-0.2, -0.15) is 0 Å². The van der Waals surface area contributed by atoms with Crippen LogP contribution < -0.4 is 0 Å². The van der Waals surface area contributed by atoms with Crippen molar-refractivity contribution in [2.24, 2.45) is 0 Å². The topological polar surface area (TPSA) is 3.24 Å². The summed E-state index contributed by atoms with van der Waals surface area (Å²) >= 11 is 0. The second kappa shape index (κ2) is 11.2. The molecular weight excluding hydrogens is 158 g/mol. The molecule has 0 aromatic rings. The molecule has 0 bridgehead atoms. The quantitative estimate of drug-likeness (QED) is 0.588. The lowest BCUT2D eigenvalue weighted by Crippen LogP contribution is -2.19. The van der Waals surface area contributed by atoms with Crippen molar-refractivity contribution in [2.45, 2.75) is 20.8 Å².